The van der Waals surface area contributed by atoms with Crippen LogP contribution in [0.5, 0.6) is 0 Å². The SMILES string of the molecule is CCCCCCCCCCc1ccc2oc(NCC3CCN(C(=O)O)C3)nc2c1. The smallest absolute Gasteiger partial charge is 0.407 e. The monoisotopic (exact) mass is 401 g/mol. The van der Waals surface area contributed by atoms with Crippen LogP contribution < -0.4 is 5.32 Å². The molecule has 29 heavy (non-hydrogen) atoms. The van der Waals surface area contributed by atoms with Crippen molar-refractivity contribution in [1.82, 2.24) is 9.88 Å². The number of amides is 1. The lowest BCUT2D eigenvalue weighted by atomic mass is 10.0. The van der Waals surface area contributed by atoms with Crippen LogP contribution in [-0.2, 0) is 6.42 Å². The van der Waals surface area contributed by atoms with E-state index in [1.807, 2.05) is 6.07 Å². The fraction of sp³-hybridized carbons (Fsp3) is 0.652. The summed E-state index contributed by atoms with van der Waals surface area (Å²) >= 11 is 0. The molecule has 3 rings (SSSR count). The van der Waals surface area contributed by atoms with Gasteiger partial charge in [0.05, 0.1) is 0 Å². The van der Waals surface area contributed by atoms with E-state index >= 15 is 0 Å². The molecule has 160 valence electrons. The zero-order chi connectivity index (χ0) is 20.5. The van der Waals surface area contributed by atoms with Gasteiger partial charge in [0.1, 0.15) is 5.52 Å². The quantitative estimate of drug-likeness (QED) is 0.431. The summed E-state index contributed by atoms with van der Waals surface area (Å²) in [6, 6.07) is 6.81. The highest BCUT2D eigenvalue weighted by atomic mass is 16.4. The first-order valence-electron chi connectivity index (χ1n) is 11.3. The first-order valence-corrected chi connectivity index (χ1v) is 11.3. The van der Waals surface area contributed by atoms with Crippen LogP contribution in [0, 0.1) is 5.92 Å². The second kappa shape index (κ2) is 11.1. The van der Waals surface area contributed by atoms with Crippen molar-refractivity contribution in [2.75, 3.05) is 25.0 Å². The van der Waals surface area contributed by atoms with E-state index in [4.69, 9.17) is 9.52 Å². The predicted molar refractivity (Wildman–Crippen MR) is 117 cm³/mol. The number of carboxylic acid groups (broad SMARTS) is 1. The van der Waals surface area contributed by atoms with Gasteiger partial charge in [-0.25, -0.2) is 4.79 Å². The van der Waals surface area contributed by atoms with Gasteiger partial charge >= 0.3 is 6.09 Å². The van der Waals surface area contributed by atoms with Crippen LogP contribution in [-0.4, -0.2) is 40.7 Å². The fourth-order valence-corrected chi connectivity index (χ4v) is 4.07. The topological polar surface area (TPSA) is 78.6 Å². The molecule has 0 saturated carbocycles. The van der Waals surface area contributed by atoms with Gasteiger partial charge in [-0.15, -0.1) is 0 Å². The van der Waals surface area contributed by atoms with Gasteiger partial charge in [0.2, 0.25) is 0 Å². The Balaban J connectivity index is 1.40. The zero-order valence-corrected chi connectivity index (χ0v) is 17.7. The number of hydrogen-bond donors (Lipinski definition) is 2. The maximum atomic E-state index is 11.0. The van der Waals surface area contributed by atoms with Crippen molar-refractivity contribution >= 4 is 23.2 Å². The molecule has 6 nitrogen and oxygen atoms in total. The van der Waals surface area contributed by atoms with Crippen molar-refractivity contribution in [3.8, 4) is 0 Å². The number of nitrogens with zero attached hydrogens (tertiary/aromatic N) is 2. The number of fused-ring (bicyclic) bond motifs is 1. The molecule has 1 aromatic heterocycles. The second-order valence-electron chi connectivity index (χ2n) is 8.31. The van der Waals surface area contributed by atoms with Gasteiger partial charge in [0.25, 0.3) is 6.01 Å². The van der Waals surface area contributed by atoms with Crippen molar-refractivity contribution in [3.63, 3.8) is 0 Å². The van der Waals surface area contributed by atoms with Gasteiger partial charge in [0, 0.05) is 19.6 Å². The molecule has 1 amide bonds. The molecule has 0 aliphatic carbocycles. The van der Waals surface area contributed by atoms with Crippen molar-refractivity contribution in [2.24, 2.45) is 5.92 Å². The number of oxazole rings is 1. The van der Waals surface area contributed by atoms with Gasteiger partial charge in [-0.1, -0.05) is 57.9 Å². The molecule has 2 aromatic rings. The van der Waals surface area contributed by atoms with Gasteiger partial charge in [-0.2, -0.15) is 4.98 Å². The van der Waals surface area contributed by atoms with Crippen LogP contribution in [0.15, 0.2) is 22.6 Å². The average Bonchev–Trinajstić information content (AvgIpc) is 3.34. The van der Waals surface area contributed by atoms with Crippen molar-refractivity contribution in [2.45, 2.75) is 71.1 Å². The summed E-state index contributed by atoms with van der Waals surface area (Å²) in [4.78, 5) is 17.0. The highest BCUT2D eigenvalue weighted by Gasteiger charge is 2.25. The maximum Gasteiger partial charge on any atom is 0.407 e. The van der Waals surface area contributed by atoms with Crippen LogP contribution in [0.1, 0.15) is 70.3 Å². The minimum absolute atomic E-state index is 0.304. The first-order chi connectivity index (χ1) is 14.2. The molecular formula is C23H35N3O3. The minimum atomic E-state index is -0.835. The summed E-state index contributed by atoms with van der Waals surface area (Å²) in [6.45, 7) is 4.12. The van der Waals surface area contributed by atoms with Crippen LogP contribution >= 0.6 is 0 Å². The Labute approximate surface area is 173 Å². The van der Waals surface area contributed by atoms with Crippen molar-refractivity contribution in [1.29, 1.82) is 0 Å². The van der Waals surface area contributed by atoms with Crippen LogP contribution in [0.3, 0.4) is 0 Å². The third-order valence-electron chi connectivity index (χ3n) is 5.87. The molecule has 6 heteroatoms. The van der Waals surface area contributed by atoms with Crippen molar-refractivity contribution < 1.29 is 14.3 Å². The lowest BCUT2D eigenvalue weighted by Gasteiger charge is -2.12. The maximum absolute atomic E-state index is 11.0. The Bertz CT molecular complexity index is 774. The van der Waals surface area contributed by atoms with Gasteiger partial charge in [-0.3, -0.25) is 0 Å². The lowest BCUT2D eigenvalue weighted by molar-refractivity contribution is 0.154. The van der Waals surface area contributed by atoms with Crippen LogP contribution in [0.4, 0.5) is 10.8 Å². The van der Waals surface area contributed by atoms with E-state index in [0.717, 1.165) is 23.9 Å². The number of rotatable bonds is 12. The molecule has 0 radical (unpaired) electrons. The molecule has 1 atom stereocenters. The number of aromatic nitrogens is 1. The zero-order valence-electron chi connectivity index (χ0n) is 17.7. The van der Waals surface area contributed by atoms with Gasteiger partial charge in [0.15, 0.2) is 5.58 Å². The number of carbonyl (C=O) groups is 1. The molecule has 2 heterocycles. The Hall–Kier alpha value is -2.24. The third-order valence-corrected chi connectivity index (χ3v) is 5.87. The first kappa shape index (κ1) is 21.5. The van der Waals surface area contributed by atoms with E-state index in [2.05, 4.69) is 29.4 Å². The fourth-order valence-electron chi connectivity index (χ4n) is 4.07. The molecule has 1 aliphatic heterocycles. The van der Waals surface area contributed by atoms with E-state index < -0.39 is 6.09 Å². The normalized spacial score (nSPS) is 16.6. The van der Waals surface area contributed by atoms with E-state index in [0.29, 0.717) is 31.6 Å². The van der Waals surface area contributed by atoms with E-state index in [1.165, 1.54) is 61.8 Å². The number of aryl methyl sites for hydroxylation is 1. The van der Waals surface area contributed by atoms with Crippen LogP contribution in [0.25, 0.3) is 11.1 Å². The lowest BCUT2D eigenvalue weighted by Crippen LogP contribution is -2.27. The summed E-state index contributed by atoms with van der Waals surface area (Å²) in [7, 11) is 0. The largest absolute Gasteiger partial charge is 0.465 e. The predicted octanol–water partition coefficient (Wildman–Crippen LogP) is 5.92. The number of hydrogen-bond acceptors (Lipinski definition) is 4. The van der Waals surface area contributed by atoms with E-state index in [-0.39, 0.29) is 0 Å². The number of unbranched alkanes of at least 4 members (excludes halogenated alkanes) is 7. The van der Waals surface area contributed by atoms with E-state index in [9.17, 15) is 4.79 Å². The molecule has 1 saturated heterocycles. The number of nitrogens with one attached hydrogen (secondary N) is 1. The minimum Gasteiger partial charge on any atom is -0.465 e. The van der Waals surface area contributed by atoms with Crippen LogP contribution in [0.2, 0.25) is 0 Å². The summed E-state index contributed by atoms with van der Waals surface area (Å²) in [5.41, 5.74) is 3.00. The highest BCUT2D eigenvalue weighted by molar-refractivity contribution is 5.75. The second-order valence-corrected chi connectivity index (χ2v) is 8.31. The molecule has 1 fully saturated rings. The standard InChI is InChI=1S/C23H35N3O3/c1-2-3-4-5-6-7-8-9-10-18-11-12-21-20(15-18)25-22(29-21)24-16-19-13-14-26(17-19)23(27)28/h11-12,15,19H,2-10,13-14,16-17H2,1H3,(H,24,25)(H,27,28). The molecule has 1 aromatic carbocycles. The summed E-state index contributed by atoms with van der Waals surface area (Å²) in [5.74, 6) is 0.304. The molecular weight excluding hydrogens is 366 g/mol. The Morgan fingerprint density at radius 1 is 1.21 bits per heavy atom. The average molecular weight is 402 g/mol. The third kappa shape index (κ3) is 6.65. The molecule has 2 N–H and O–H groups in total. The molecule has 1 aliphatic rings. The molecule has 1 unspecified atom stereocenters. The summed E-state index contributed by atoms with van der Waals surface area (Å²) in [6.07, 6.45) is 11.8. The van der Waals surface area contributed by atoms with E-state index in [1.54, 1.807) is 0 Å². The number of anilines is 1. The molecule has 0 bridgehead atoms. The Morgan fingerprint density at radius 2 is 1.97 bits per heavy atom. The van der Waals surface area contributed by atoms with Gasteiger partial charge < -0.3 is 19.7 Å². The Morgan fingerprint density at radius 3 is 2.69 bits per heavy atom. The van der Waals surface area contributed by atoms with Crippen molar-refractivity contribution in [3.05, 3.63) is 23.8 Å². The van der Waals surface area contributed by atoms with Gasteiger partial charge in [-0.05, 0) is 42.9 Å². The summed E-state index contributed by atoms with van der Waals surface area (Å²) in [5, 5.41) is 12.3. The number of benzene rings is 1. The summed E-state index contributed by atoms with van der Waals surface area (Å²) < 4.78 is 5.79. The Kier molecular flexibility index (Phi) is 8.20. The molecule has 0 spiro atoms. The highest BCUT2D eigenvalue weighted by Crippen LogP contribution is 2.23. The number of likely N-dealkylation sites (tertiary alicyclic amines) is 1.